The molecule has 0 spiro atoms. The first-order valence-corrected chi connectivity index (χ1v) is 3.56. The van der Waals surface area contributed by atoms with Crippen molar-refractivity contribution in [3.05, 3.63) is 48.0 Å². The zero-order valence-corrected chi connectivity index (χ0v) is 6.45. The Bertz CT molecular complexity index is 259. The van der Waals surface area contributed by atoms with Gasteiger partial charge in [-0.05, 0) is 13.0 Å². The van der Waals surface area contributed by atoms with Crippen LogP contribution in [0.25, 0.3) is 0 Å². The molecule has 0 aliphatic heterocycles. The van der Waals surface area contributed by atoms with Crippen LogP contribution in [0.5, 0.6) is 0 Å². The molecule has 56 valence electrons. The number of hydrogen-bond acceptors (Lipinski definition) is 1. The lowest BCUT2D eigenvalue weighted by Gasteiger charge is -1.91. The maximum Gasteiger partial charge on any atom is 0.185 e. The van der Waals surface area contributed by atoms with E-state index in [0.29, 0.717) is 0 Å². The highest BCUT2D eigenvalue weighted by molar-refractivity contribution is 6.04. The predicted octanol–water partition coefficient (Wildman–Crippen LogP) is 2.45. The van der Waals surface area contributed by atoms with Crippen LogP contribution in [0, 0.1) is 0 Å². The van der Waals surface area contributed by atoms with Gasteiger partial charge in [0.15, 0.2) is 5.78 Å². The van der Waals surface area contributed by atoms with Gasteiger partial charge < -0.3 is 0 Å². The summed E-state index contributed by atoms with van der Waals surface area (Å²) in [6.45, 7) is 1.83. The molecular formula is C10H10O. The van der Waals surface area contributed by atoms with Gasteiger partial charge in [0.05, 0.1) is 0 Å². The molecule has 0 unspecified atom stereocenters. The molecule has 1 aromatic rings. The van der Waals surface area contributed by atoms with E-state index in [4.69, 9.17) is 0 Å². The maximum absolute atomic E-state index is 11.2. The molecular weight excluding hydrogens is 136 g/mol. The molecule has 1 heteroatoms. The fraction of sp³-hybridized carbons (Fsp3) is 0.100. The Kier molecular flexibility index (Phi) is 2.61. The Hall–Kier alpha value is -1.37. The molecule has 1 nitrogen and oxygen atoms in total. The zero-order valence-electron chi connectivity index (χ0n) is 6.45. The third-order valence-electron chi connectivity index (χ3n) is 1.38. The average Bonchev–Trinajstić information content (AvgIpc) is 2.07. The highest BCUT2D eigenvalue weighted by Gasteiger charge is 1.96. The smallest absolute Gasteiger partial charge is 0.185 e. The fourth-order valence-electron chi connectivity index (χ4n) is 0.850. The molecule has 0 saturated heterocycles. The second-order valence-electron chi connectivity index (χ2n) is 2.23. The highest BCUT2D eigenvalue weighted by atomic mass is 16.1. The molecule has 1 aromatic carbocycles. The second-order valence-corrected chi connectivity index (χ2v) is 2.23. The molecule has 0 fully saturated rings. The van der Waals surface area contributed by atoms with Crippen LogP contribution in [-0.4, -0.2) is 5.78 Å². The largest absolute Gasteiger partial charge is 0.289 e. The molecule has 0 aliphatic carbocycles. The Morgan fingerprint density at radius 3 is 2.45 bits per heavy atom. The first kappa shape index (κ1) is 7.73. The van der Waals surface area contributed by atoms with Crippen LogP contribution < -0.4 is 0 Å². The first-order valence-electron chi connectivity index (χ1n) is 3.56. The Morgan fingerprint density at radius 2 is 1.91 bits per heavy atom. The van der Waals surface area contributed by atoms with Gasteiger partial charge in [-0.15, -0.1) is 0 Å². The number of allylic oxidation sites excluding steroid dienone is 2. The summed E-state index contributed by atoms with van der Waals surface area (Å²) in [6.07, 6.45) is 3.31. The van der Waals surface area contributed by atoms with Crippen molar-refractivity contribution in [3.8, 4) is 0 Å². The van der Waals surface area contributed by atoms with Crippen LogP contribution in [0.2, 0.25) is 0 Å². The predicted molar refractivity (Wildman–Crippen MR) is 45.6 cm³/mol. The molecule has 0 bridgehead atoms. The van der Waals surface area contributed by atoms with E-state index < -0.39 is 0 Å². The fourth-order valence-corrected chi connectivity index (χ4v) is 0.850. The quantitative estimate of drug-likeness (QED) is 0.462. The van der Waals surface area contributed by atoms with E-state index in [1.54, 1.807) is 12.2 Å². The lowest BCUT2D eigenvalue weighted by molar-refractivity contribution is 0.104. The van der Waals surface area contributed by atoms with E-state index in [1.165, 1.54) is 0 Å². The van der Waals surface area contributed by atoms with E-state index in [-0.39, 0.29) is 5.78 Å². The molecule has 0 heterocycles. The summed E-state index contributed by atoms with van der Waals surface area (Å²) < 4.78 is 0. The number of ketones is 1. The summed E-state index contributed by atoms with van der Waals surface area (Å²) in [4.78, 5) is 11.2. The SMILES string of the molecule is C/C=C/C(=O)c1ccccc1. The highest BCUT2D eigenvalue weighted by Crippen LogP contribution is 1.99. The van der Waals surface area contributed by atoms with Crippen molar-refractivity contribution >= 4 is 5.78 Å². The summed E-state index contributed by atoms with van der Waals surface area (Å²) in [7, 11) is 0. The van der Waals surface area contributed by atoms with Crippen molar-refractivity contribution in [2.24, 2.45) is 0 Å². The second kappa shape index (κ2) is 3.71. The minimum atomic E-state index is 0.0631. The summed E-state index contributed by atoms with van der Waals surface area (Å²) in [6, 6.07) is 9.23. The lowest BCUT2D eigenvalue weighted by Crippen LogP contribution is -1.91. The summed E-state index contributed by atoms with van der Waals surface area (Å²) >= 11 is 0. The van der Waals surface area contributed by atoms with Crippen LogP contribution in [0.15, 0.2) is 42.5 Å². The normalized spacial score (nSPS) is 10.3. The van der Waals surface area contributed by atoms with Gasteiger partial charge in [-0.1, -0.05) is 36.4 Å². The van der Waals surface area contributed by atoms with Crippen LogP contribution in [0.3, 0.4) is 0 Å². The Morgan fingerprint density at radius 1 is 1.27 bits per heavy atom. The van der Waals surface area contributed by atoms with Crippen LogP contribution in [-0.2, 0) is 0 Å². The molecule has 0 atom stereocenters. The Labute approximate surface area is 66.4 Å². The van der Waals surface area contributed by atoms with Crippen LogP contribution >= 0.6 is 0 Å². The maximum atomic E-state index is 11.2. The number of hydrogen-bond donors (Lipinski definition) is 0. The molecule has 0 N–H and O–H groups in total. The summed E-state index contributed by atoms with van der Waals surface area (Å²) in [5.41, 5.74) is 0.741. The molecule has 1 rings (SSSR count). The zero-order chi connectivity index (χ0) is 8.10. The number of rotatable bonds is 2. The van der Waals surface area contributed by atoms with E-state index in [0.717, 1.165) is 5.56 Å². The van der Waals surface area contributed by atoms with E-state index in [2.05, 4.69) is 0 Å². The molecule has 0 aromatic heterocycles. The van der Waals surface area contributed by atoms with Crippen molar-refractivity contribution in [1.29, 1.82) is 0 Å². The van der Waals surface area contributed by atoms with Gasteiger partial charge in [0.2, 0.25) is 0 Å². The minimum Gasteiger partial charge on any atom is -0.289 e. The van der Waals surface area contributed by atoms with Gasteiger partial charge in [0, 0.05) is 5.56 Å². The first-order chi connectivity index (χ1) is 5.34. The topological polar surface area (TPSA) is 17.1 Å². The van der Waals surface area contributed by atoms with Crippen molar-refractivity contribution in [2.45, 2.75) is 6.92 Å². The van der Waals surface area contributed by atoms with Gasteiger partial charge in [-0.2, -0.15) is 0 Å². The standard InChI is InChI=1S/C10H10O/c1-2-6-10(11)9-7-4-3-5-8-9/h2-8H,1H3/b6-2+. The molecule has 0 amide bonds. The van der Waals surface area contributed by atoms with Gasteiger partial charge in [0.25, 0.3) is 0 Å². The van der Waals surface area contributed by atoms with E-state index in [1.807, 2.05) is 37.3 Å². The third-order valence-corrected chi connectivity index (χ3v) is 1.38. The lowest BCUT2D eigenvalue weighted by atomic mass is 10.1. The van der Waals surface area contributed by atoms with Crippen molar-refractivity contribution in [1.82, 2.24) is 0 Å². The number of carbonyl (C=O) groups excluding carboxylic acids is 1. The van der Waals surface area contributed by atoms with Crippen LogP contribution in [0.1, 0.15) is 17.3 Å². The minimum absolute atomic E-state index is 0.0631. The number of benzene rings is 1. The molecule has 0 radical (unpaired) electrons. The molecule has 0 saturated carbocycles. The van der Waals surface area contributed by atoms with Gasteiger partial charge >= 0.3 is 0 Å². The monoisotopic (exact) mass is 146 g/mol. The van der Waals surface area contributed by atoms with Crippen molar-refractivity contribution in [3.63, 3.8) is 0 Å². The third kappa shape index (κ3) is 2.04. The van der Waals surface area contributed by atoms with E-state index >= 15 is 0 Å². The van der Waals surface area contributed by atoms with E-state index in [9.17, 15) is 4.79 Å². The Balaban J connectivity index is 2.86. The van der Waals surface area contributed by atoms with Gasteiger partial charge in [-0.25, -0.2) is 0 Å². The summed E-state index contributed by atoms with van der Waals surface area (Å²) in [5.74, 6) is 0.0631. The van der Waals surface area contributed by atoms with Crippen molar-refractivity contribution in [2.75, 3.05) is 0 Å². The molecule has 0 aliphatic rings. The number of carbonyl (C=O) groups is 1. The van der Waals surface area contributed by atoms with Crippen molar-refractivity contribution < 1.29 is 4.79 Å². The average molecular weight is 146 g/mol. The van der Waals surface area contributed by atoms with Crippen LogP contribution in [0.4, 0.5) is 0 Å². The molecule has 11 heavy (non-hydrogen) atoms. The summed E-state index contributed by atoms with van der Waals surface area (Å²) in [5, 5.41) is 0. The van der Waals surface area contributed by atoms with Gasteiger partial charge in [0.1, 0.15) is 0 Å². The van der Waals surface area contributed by atoms with Gasteiger partial charge in [-0.3, -0.25) is 4.79 Å².